The zero-order valence-electron chi connectivity index (χ0n) is 19.2. The number of carbonyl (C=O) groups is 1. The van der Waals surface area contributed by atoms with E-state index in [1.165, 1.54) is 5.56 Å². The smallest absolute Gasteiger partial charge is 0.341 e. The van der Waals surface area contributed by atoms with Crippen LogP contribution in [-0.2, 0) is 28.4 Å². The molecular weight excluding hydrogens is 450 g/mol. The lowest BCUT2D eigenvalue weighted by Gasteiger charge is -2.32. The van der Waals surface area contributed by atoms with E-state index in [0.29, 0.717) is 17.9 Å². The van der Waals surface area contributed by atoms with Gasteiger partial charge >= 0.3 is 5.97 Å². The number of hydrogen-bond acceptors (Lipinski definition) is 5. The summed E-state index contributed by atoms with van der Waals surface area (Å²) in [4.78, 5) is 14.9. The number of nitrogens with one attached hydrogen (secondary N) is 1. The largest absolute Gasteiger partial charge is 0.462 e. The van der Waals surface area contributed by atoms with Crippen LogP contribution in [-0.4, -0.2) is 50.1 Å². The topological polar surface area (TPSA) is 80.6 Å². The van der Waals surface area contributed by atoms with Crippen LogP contribution in [0, 0.1) is 19.8 Å². The molecule has 32 heavy (non-hydrogen) atoms. The van der Waals surface area contributed by atoms with Gasteiger partial charge in [0.1, 0.15) is 10.5 Å². The van der Waals surface area contributed by atoms with Crippen LogP contribution in [0.1, 0.15) is 47.1 Å². The Hall–Kier alpha value is -1.87. The van der Waals surface area contributed by atoms with Crippen molar-refractivity contribution >= 4 is 27.6 Å². The van der Waals surface area contributed by atoms with E-state index < -0.39 is 16.0 Å². The molecule has 9 heteroatoms. The molecule has 1 aromatic heterocycles. The Kier molecular flexibility index (Phi) is 8.03. The van der Waals surface area contributed by atoms with Crippen LogP contribution in [0.5, 0.6) is 0 Å². The minimum Gasteiger partial charge on any atom is -0.462 e. The third-order valence-corrected chi connectivity index (χ3v) is 8.06. The first-order valence-corrected chi connectivity index (χ1v) is 12.8. The molecule has 7 nitrogen and oxygen atoms in total. The molecule has 0 radical (unpaired) electrons. The minimum absolute atomic E-state index is 0.0225. The lowest BCUT2D eigenvalue weighted by atomic mass is 9.97. The van der Waals surface area contributed by atoms with Gasteiger partial charge in [-0.15, -0.1) is 0 Å². The Morgan fingerprint density at radius 3 is 2.53 bits per heavy atom. The van der Waals surface area contributed by atoms with Crippen molar-refractivity contribution in [1.29, 1.82) is 0 Å². The van der Waals surface area contributed by atoms with Crippen molar-refractivity contribution in [2.45, 2.75) is 45.1 Å². The molecule has 1 N–H and O–H groups in total. The van der Waals surface area contributed by atoms with Crippen LogP contribution in [0.2, 0.25) is 5.02 Å². The number of esters is 1. The molecule has 1 aliphatic heterocycles. The van der Waals surface area contributed by atoms with Crippen molar-refractivity contribution in [1.82, 2.24) is 14.2 Å². The average Bonchev–Trinajstić information content (AvgIpc) is 2.98. The Morgan fingerprint density at radius 2 is 1.91 bits per heavy atom. The quantitative estimate of drug-likeness (QED) is 0.582. The highest BCUT2D eigenvalue weighted by Gasteiger charge is 2.32. The molecule has 0 unspecified atom stereocenters. The number of nitrogens with zero attached hydrogens (tertiary/aromatic N) is 2. The molecule has 0 aliphatic carbocycles. The van der Waals surface area contributed by atoms with E-state index >= 15 is 0 Å². The van der Waals surface area contributed by atoms with Crippen molar-refractivity contribution in [2.75, 3.05) is 26.2 Å². The Labute approximate surface area is 195 Å². The summed E-state index contributed by atoms with van der Waals surface area (Å²) in [5.74, 6) is -0.361. The maximum Gasteiger partial charge on any atom is 0.341 e. The normalized spacial score (nSPS) is 15.8. The lowest BCUT2D eigenvalue weighted by Crippen LogP contribution is -2.38. The zero-order chi connectivity index (χ0) is 23.5. The van der Waals surface area contributed by atoms with Crippen molar-refractivity contribution in [3.05, 3.63) is 51.8 Å². The number of carbonyl (C=O) groups excluding carboxylic acids is 1. The molecule has 0 bridgehead atoms. The molecule has 176 valence electrons. The van der Waals surface area contributed by atoms with Gasteiger partial charge in [0.25, 0.3) is 0 Å². The van der Waals surface area contributed by atoms with E-state index in [1.54, 1.807) is 32.4 Å². The van der Waals surface area contributed by atoms with Crippen molar-refractivity contribution in [3.8, 4) is 0 Å². The Balaban J connectivity index is 1.63. The number of benzene rings is 1. The molecule has 1 aliphatic rings. The summed E-state index contributed by atoms with van der Waals surface area (Å²) in [5.41, 5.74) is 2.40. The maximum atomic E-state index is 13.2. The Bertz CT molecular complexity index is 1070. The minimum atomic E-state index is -3.85. The van der Waals surface area contributed by atoms with E-state index in [-0.39, 0.29) is 23.0 Å². The summed E-state index contributed by atoms with van der Waals surface area (Å²) >= 11 is 6.08. The SMILES string of the molecule is CCOC(=O)c1c(S(=O)(=O)NCC2CCN(Cc3cccc(Cl)c3)CC2)c(C)n(C)c1C. The number of ether oxygens (including phenoxy) is 1. The van der Waals surface area contributed by atoms with E-state index in [4.69, 9.17) is 16.3 Å². The fourth-order valence-corrected chi connectivity index (χ4v) is 6.07. The van der Waals surface area contributed by atoms with Crippen molar-refractivity contribution < 1.29 is 17.9 Å². The molecule has 0 atom stereocenters. The molecule has 3 rings (SSSR count). The van der Waals surface area contributed by atoms with Crippen LogP contribution in [0.15, 0.2) is 29.2 Å². The first-order chi connectivity index (χ1) is 15.1. The highest BCUT2D eigenvalue weighted by molar-refractivity contribution is 7.89. The van der Waals surface area contributed by atoms with Gasteiger partial charge in [0, 0.05) is 36.5 Å². The molecule has 0 saturated carbocycles. The van der Waals surface area contributed by atoms with E-state index in [9.17, 15) is 13.2 Å². The van der Waals surface area contributed by atoms with Crippen molar-refractivity contribution in [2.24, 2.45) is 13.0 Å². The number of likely N-dealkylation sites (tertiary alicyclic amines) is 1. The first kappa shape index (κ1) is 24.8. The second-order valence-corrected chi connectivity index (χ2v) is 10.5. The van der Waals surface area contributed by atoms with Crippen LogP contribution >= 0.6 is 11.6 Å². The lowest BCUT2D eigenvalue weighted by molar-refractivity contribution is 0.0521. The number of rotatable bonds is 8. The summed E-state index contributed by atoms with van der Waals surface area (Å²) < 4.78 is 35.9. The second kappa shape index (κ2) is 10.4. The van der Waals surface area contributed by atoms with Crippen LogP contribution in [0.3, 0.4) is 0 Å². The van der Waals surface area contributed by atoms with E-state index in [2.05, 4.69) is 15.7 Å². The average molecular weight is 482 g/mol. The molecule has 2 aromatic rings. The molecule has 0 spiro atoms. The predicted molar refractivity (Wildman–Crippen MR) is 125 cm³/mol. The van der Waals surface area contributed by atoms with Gasteiger partial charge in [0.05, 0.1) is 6.61 Å². The van der Waals surface area contributed by atoms with Gasteiger partial charge in [-0.2, -0.15) is 0 Å². The number of hydrogen-bond donors (Lipinski definition) is 1. The van der Waals surface area contributed by atoms with Crippen LogP contribution in [0.25, 0.3) is 0 Å². The van der Waals surface area contributed by atoms with E-state index in [0.717, 1.165) is 37.5 Å². The summed E-state index contributed by atoms with van der Waals surface area (Å²) in [6, 6.07) is 7.87. The standard InChI is InChI=1S/C23H32ClN3O4S/c1-5-31-23(28)21-16(2)26(4)17(3)22(21)32(29,30)25-14-18-9-11-27(12-10-18)15-19-7-6-8-20(24)13-19/h6-8,13,18,25H,5,9-12,14-15H2,1-4H3. The van der Waals surface area contributed by atoms with Gasteiger partial charge in [-0.3, -0.25) is 4.90 Å². The molecule has 1 fully saturated rings. The molecule has 2 heterocycles. The third kappa shape index (κ3) is 5.54. The predicted octanol–water partition coefficient (Wildman–Crippen LogP) is 3.66. The van der Waals surface area contributed by atoms with Gasteiger partial charge in [-0.1, -0.05) is 23.7 Å². The maximum absolute atomic E-state index is 13.2. The zero-order valence-corrected chi connectivity index (χ0v) is 20.7. The fourth-order valence-electron chi connectivity index (χ4n) is 4.23. The van der Waals surface area contributed by atoms with Crippen LogP contribution in [0.4, 0.5) is 0 Å². The monoisotopic (exact) mass is 481 g/mol. The first-order valence-electron chi connectivity index (χ1n) is 10.9. The number of aromatic nitrogens is 1. The third-order valence-electron chi connectivity index (χ3n) is 6.24. The number of sulfonamides is 1. The summed E-state index contributed by atoms with van der Waals surface area (Å²) in [6.07, 6.45) is 1.81. The van der Waals surface area contributed by atoms with Crippen molar-refractivity contribution in [3.63, 3.8) is 0 Å². The van der Waals surface area contributed by atoms with Gasteiger partial charge in [-0.25, -0.2) is 17.9 Å². The summed E-state index contributed by atoms with van der Waals surface area (Å²) in [6.45, 7) is 8.31. The molecular formula is C23H32ClN3O4S. The van der Waals surface area contributed by atoms with Gasteiger partial charge < -0.3 is 9.30 Å². The summed E-state index contributed by atoms with van der Waals surface area (Å²) in [7, 11) is -2.10. The van der Waals surface area contributed by atoms with Gasteiger partial charge in [-0.05, 0) is 70.3 Å². The van der Waals surface area contributed by atoms with E-state index in [1.807, 2.05) is 18.2 Å². The fraction of sp³-hybridized carbons (Fsp3) is 0.522. The van der Waals surface area contributed by atoms with Gasteiger partial charge in [0.2, 0.25) is 10.0 Å². The number of piperidine rings is 1. The Morgan fingerprint density at radius 1 is 1.22 bits per heavy atom. The second-order valence-electron chi connectivity index (χ2n) is 8.36. The highest BCUT2D eigenvalue weighted by Crippen LogP contribution is 2.27. The molecule has 0 amide bonds. The summed E-state index contributed by atoms with van der Waals surface area (Å²) in [5, 5.41) is 0.737. The number of halogens is 1. The van der Waals surface area contributed by atoms with Crippen LogP contribution < -0.4 is 4.72 Å². The highest BCUT2D eigenvalue weighted by atomic mass is 35.5. The molecule has 1 aromatic carbocycles. The molecule has 1 saturated heterocycles. The van der Waals surface area contributed by atoms with Gasteiger partial charge in [0.15, 0.2) is 0 Å².